The Balaban J connectivity index is 2.50. The number of nitrogen functional groups attached to an aromatic ring is 1. The van der Waals surface area contributed by atoms with E-state index in [-0.39, 0.29) is 5.97 Å². The van der Waals surface area contributed by atoms with Crippen molar-refractivity contribution in [2.45, 2.75) is 11.8 Å². The number of anilines is 1. The first kappa shape index (κ1) is 14.4. The van der Waals surface area contributed by atoms with Crippen LogP contribution in [0, 0.1) is 0 Å². The van der Waals surface area contributed by atoms with Crippen LogP contribution in [0.1, 0.15) is 6.92 Å². The smallest absolute Gasteiger partial charge is 0.330 e. The lowest BCUT2D eigenvalue weighted by Gasteiger charge is -2.06. The second kappa shape index (κ2) is 7.66. The van der Waals surface area contributed by atoms with Crippen LogP contribution in [0.25, 0.3) is 0 Å². The normalized spacial score (nSPS) is 10.6. The van der Waals surface area contributed by atoms with E-state index in [2.05, 4.69) is 0 Å². The predicted molar refractivity (Wildman–Crippen MR) is 73.9 cm³/mol. The summed E-state index contributed by atoms with van der Waals surface area (Å²) in [6.45, 7) is 2.16. The second-order valence-electron chi connectivity index (χ2n) is 3.37. The van der Waals surface area contributed by atoms with Crippen LogP contribution in [0.15, 0.2) is 35.2 Å². The van der Waals surface area contributed by atoms with Crippen molar-refractivity contribution in [1.82, 2.24) is 0 Å². The molecule has 1 rings (SSSR count). The summed E-state index contributed by atoms with van der Waals surface area (Å²) in [5.41, 5.74) is 6.54. The van der Waals surface area contributed by atoms with Gasteiger partial charge in [-0.2, -0.15) is 0 Å². The van der Waals surface area contributed by atoms with Crippen LogP contribution in [0.3, 0.4) is 0 Å². The Labute approximate surface area is 111 Å². The van der Waals surface area contributed by atoms with Gasteiger partial charge in [0.15, 0.2) is 0 Å². The molecular formula is C13H17NO3S. The first-order valence-electron chi connectivity index (χ1n) is 5.57. The first-order chi connectivity index (χ1) is 8.67. The standard InChI is InChI=1S/C13H17NO3S/c1-3-17-13(15)5-4-8-18-12-9-10(16-2)6-7-11(12)14/h4-7,9H,3,8,14H2,1-2H3/b5-4+. The average Bonchev–Trinajstić information content (AvgIpc) is 2.37. The summed E-state index contributed by atoms with van der Waals surface area (Å²) >= 11 is 1.54. The molecule has 0 aromatic heterocycles. The van der Waals surface area contributed by atoms with Crippen LogP contribution in [-0.4, -0.2) is 25.4 Å². The summed E-state index contributed by atoms with van der Waals surface area (Å²) < 4.78 is 9.90. The molecule has 2 N–H and O–H groups in total. The number of methoxy groups -OCH3 is 1. The number of esters is 1. The molecule has 18 heavy (non-hydrogen) atoms. The molecule has 0 saturated heterocycles. The zero-order valence-electron chi connectivity index (χ0n) is 10.5. The van der Waals surface area contributed by atoms with Crippen LogP contribution >= 0.6 is 11.8 Å². The molecule has 5 heteroatoms. The molecule has 0 aliphatic heterocycles. The summed E-state index contributed by atoms with van der Waals surface area (Å²) in [6, 6.07) is 5.49. The van der Waals surface area contributed by atoms with Gasteiger partial charge in [0, 0.05) is 22.4 Å². The van der Waals surface area contributed by atoms with Gasteiger partial charge in [0.05, 0.1) is 13.7 Å². The third-order valence-electron chi connectivity index (χ3n) is 2.10. The number of rotatable bonds is 6. The molecule has 1 aromatic carbocycles. The van der Waals surface area contributed by atoms with Gasteiger partial charge in [0.1, 0.15) is 5.75 Å². The SMILES string of the molecule is CCOC(=O)/C=C/CSc1cc(OC)ccc1N. The molecule has 0 aliphatic rings. The fourth-order valence-electron chi connectivity index (χ4n) is 1.24. The third kappa shape index (κ3) is 4.71. The van der Waals surface area contributed by atoms with E-state index >= 15 is 0 Å². The number of ether oxygens (including phenoxy) is 2. The largest absolute Gasteiger partial charge is 0.497 e. The van der Waals surface area contributed by atoms with E-state index in [4.69, 9.17) is 15.2 Å². The maximum absolute atomic E-state index is 11.1. The van der Waals surface area contributed by atoms with Gasteiger partial charge in [-0.1, -0.05) is 6.08 Å². The van der Waals surface area contributed by atoms with Crippen LogP contribution in [0.2, 0.25) is 0 Å². The maximum atomic E-state index is 11.1. The van der Waals surface area contributed by atoms with Gasteiger partial charge in [-0.3, -0.25) is 0 Å². The lowest BCUT2D eigenvalue weighted by Crippen LogP contribution is -1.99. The highest BCUT2D eigenvalue weighted by atomic mass is 32.2. The van der Waals surface area contributed by atoms with Gasteiger partial charge >= 0.3 is 5.97 Å². The number of thioether (sulfide) groups is 1. The zero-order valence-corrected chi connectivity index (χ0v) is 11.3. The van der Waals surface area contributed by atoms with Gasteiger partial charge in [-0.25, -0.2) is 4.79 Å². The molecule has 0 fully saturated rings. The summed E-state index contributed by atoms with van der Waals surface area (Å²) in [4.78, 5) is 12.0. The Hall–Kier alpha value is -1.62. The second-order valence-corrected chi connectivity index (χ2v) is 4.43. The zero-order chi connectivity index (χ0) is 13.4. The molecule has 0 saturated carbocycles. The van der Waals surface area contributed by atoms with Gasteiger partial charge < -0.3 is 15.2 Å². The molecule has 0 radical (unpaired) electrons. The molecule has 0 amide bonds. The van der Waals surface area contributed by atoms with E-state index in [1.165, 1.54) is 17.8 Å². The van der Waals surface area contributed by atoms with E-state index in [0.29, 0.717) is 18.0 Å². The first-order valence-corrected chi connectivity index (χ1v) is 6.55. The molecule has 98 valence electrons. The van der Waals surface area contributed by atoms with Crippen molar-refractivity contribution < 1.29 is 14.3 Å². The summed E-state index contributed by atoms with van der Waals surface area (Å²) in [5.74, 6) is 1.09. The summed E-state index contributed by atoms with van der Waals surface area (Å²) in [7, 11) is 1.61. The Morgan fingerprint density at radius 1 is 1.50 bits per heavy atom. The lowest BCUT2D eigenvalue weighted by molar-refractivity contribution is -0.137. The van der Waals surface area contributed by atoms with Gasteiger partial charge in [-0.05, 0) is 25.1 Å². The van der Waals surface area contributed by atoms with Crippen molar-refractivity contribution in [3.63, 3.8) is 0 Å². The van der Waals surface area contributed by atoms with E-state index in [1.54, 1.807) is 26.2 Å². The van der Waals surface area contributed by atoms with Crippen LogP contribution < -0.4 is 10.5 Å². The number of benzene rings is 1. The molecule has 4 nitrogen and oxygen atoms in total. The average molecular weight is 267 g/mol. The third-order valence-corrected chi connectivity index (χ3v) is 3.12. The Bertz CT molecular complexity index is 432. The van der Waals surface area contributed by atoms with Crippen molar-refractivity contribution in [3.05, 3.63) is 30.4 Å². The molecule has 0 atom stereocenters. The predicted octanol–water partition coefficient (Wildman–Crippen LogP) is 2.49. The highest BCUT2D eigenvalue weighted by Gasteiger charge is 2.01. The van der Waals surface area contributed by atoms with E-state index in [9.17, 15) is 4.79 Å². The Morgan fingerprint density at radius 2 is 2.28 bits per heavy atom. The minimum absolute atomic E-state index is 0.322. The van der Waals surface area contributed by atoms with Crippen molar-refractivity contribution in [1.29, 1.82) is 0 Å². The van der Waals surface area contributed by atoms with Crippen molar-refractivity contribution in [3.8, 4) is 5.75 Å². The minimum atomic E-state index is -0.322. The lowest BCUT2D eigenvalue weighted by atomic mass is 10.3. The topological polar surface area (TPSA) is 61.5 Å². The Kier molecular flexibility index (Phi) is 6.14. The fraction of sp³-hybridized carbons (Fsp3) is 0.308. The highest BCUT2D eigenvalue weighted by Crippen LogP contribution is 2.28. The number of carbonyl (C=O) groups is 1. The van der Waals surface area contributed by atoms with Crippen molar-refractivity contribution in [2.75, 3.05) is 25.2 Å². The van der Waals surface area contributed by atoms with Gasteiger partial charge in [0.25, 0.3) is 0 Å². The monoisotopic (exact) mass is 267 g/mol. The fourth-order valence-corrected chi connectivity index (χ4v) is 2.05. The molecule has 1 aromatic rings. The number of hydrogen-bond acceptors (Lipinski definition) is 5. The number of hydrogen-bond donors (Lipinski definition) is 1. The molecule has 0 spiro atoms. The maximum Gasteiger partial charge on any atom is 0.330 e. The number of nitrogens with two attached hydrogens (primary N) is 1. The van der Waals surface area contributed by atoms with E-state index in [1.807, 2.05) is 12.1 Å². The van der Waals surface area contributed by atoms with E-state index in [0.717, 1.165) is 10.6 Å². The summed E-state index contributed by atoms with van der Waals surface area (Å²) in [5, 5.41) is 0. The molecule has 0 aliphatic carbocycles. The van der Waals surface area contributed by atoms with Crippen molar-refractivity contribution >= 4 is 23.4 Å². The van der Waals surface area contributed by atoms with Crippen molar-refractivity contribution in [2.24, 2.45) is 0 Å². The highest BCUT2D eigenvalue weighted by molar-refractivity contribution is 7.99. The molecular weight excluding hydrogens is 250 g/mol. The molecule has 0 unspecified atom stereocenters. The molecule has 0 bridgehead atoms. The minimum Gasteiger partial charge on any atom is -0.497 e. The van der Waals surface area contributed by atoms with Gasteiger partial charge in [0.2, 0.25) is 0 Å². The van der Waals surface area contributed by atoms with Crippen LogP contribution in [0.5, 0.6) is 5.75 Å². The quantitative estimate of drug-likeness (QED) is 0.371. The van der Waals surface area contributed by atoms with Gasteiger partial charge in [-0.15, -0.1) is 11.8 Å². The Morgan fingerprint density at radius 3 is 2.94 bits per heavy atom. The van der Waals surface area contributed by atoms with Crippen LogP contribution in [0.4, 0.5) is 5.69 Å². The summed E-state index contributed by atoms with van der Waals surface area (Å²) in [6.07, 6.45) is 3.18. The molecule has 0 heterocycles. The number of carbonyl (C=O) groups excluding carboxylic acids is 1. The van der Waals surface area contributed by atoms with Crippen LogP contribution in [-0.2, 0) is 9.53 Å². The van der Waals surface area contributed by atoms with E-state index < -0.39 is 0 Å².